The van der Waals surface area contributed by atoms with Crippen LogP contribution in [0.2, 0.25) is 5.02 Å². The van der Waals surface area contributed by atoms with Gasteiger partial charge in [0.25, 0.3) is 0 Å². The van der Waals surface area contributed by atoms with E-state index in [4.69, 9.17) is 17.3 Å². The summed E-state index contributed by atoms with van der Waals surface area (Å²) in [5.41, 5.74) is 4.63. The van der Waals surface area contributed by atoms with Crippen molar-refractivity contribution in [2.75, 3.05) is 6.54 Å². The van der Waals surface area contributed by atoms with Gasteiger partial charge in [-0.05, 0) is 6.92 Å². The zero-order valence-corrected chi connectivity index (χ0v) is 7.85. The summed E-state index contributed by atoms with van der Waals surface area (Å²) < 4.78 is 27.5. The van der Waals surface area contributed by atoms with Crippen LogP contribution in [0.15, 0.2) is 6.20 Å². The van der Waals surface area contributed by atoms with Gasteiger partial charge in [-0.2, -0.15) is 13.9 Å². The van der Waals surface area contributed by atoms with Crippen molar-refractivity contribution in [3.63, 3.8) is 0 Å². The second-order valence-electron chi connectivity index (χ2n) is 2.57. The van der Waals surface area contributed by atoms with Crippen molar-refractivity contribution in [2.45, 2.75) is 19.4 Å². The molecule has 1 heterocycles. The number of halogens is 3. The van der Waals surface area contributed by atoms with Crippen molar-refractivity contribution >= 4 is 11.6 Å². The van der Waals surface area contributed by atoms with Crippen LogP contribution in [0.5, 0.6) is 0 Å². The maximum absolute atomic E-state index is 13.2. The fraction of sp³-hybridized carbons (Fsp3) is 0.571. The van der Waals surface area contributed by atoms with Crippen LogP contribution in [0.1, 0.15) is 12.6 Å². The molecule has 1 rings (SSSR count). The number of nitrogens with zero attached hydrogens (tertiary/aromatic N) is 2. The van der Waals surface area contributed by atoms with Gasteiger partial charge >= 0.3 is 5.92 Å². The number of alkyl halides is 2. The Morgan fingerprint density at radius 2 is 2.31 bits per heavy atom. The molecule has 1 aromatic heterocycles. The van der Waals surface area contributed by atoms with Crippen LogP contribution in [0, 0.1) is 0 Å². The van der Waals surface area contributed by atoms with E-state index in [9.17, 15) is 8.78 Å². The topological polar surface area (TPSA) is 43.8 Å². The molecule has 2 N–H and O–H groups in total. The minimum atomic E-state index is -3.11. The molecule has 0 spiro atoms. The van der Waals surface area contributed by atoms with Gasteiger partial charge in [0.1, 0.15) is 5.69 Å². The average Bonchev–Trinajstić information content (AvgIpc) is 2.47. The minimum absolute atomic E-state index is 0.0442. The van der Waals surface area contributed by atoms with Crippen LogP contribution >= 0.6 is 11.6 Å². The molecule has 0 atom stereocenters. The maximum Gasteiger partial charge on any atom is 0.302 e. The molecule has 1 aromatic rings. The molecular weight excluding hydrogens is 200 g/mol. The van der Waals surface area contributed by atoms with Crippen molar-refractivity contribution in [3.8, 4) is 0 Å². The van der Waals surface area contributed by atoms with Crippen molar-refractivity contribution in [2.24, 2.45) is 5.73 Å². The van der Waals surface area contributed by atoms with E-state index in [2.05, 4.69) is 5.10 Å². The lowest BCUT2D eigenvalue weighted by atomic mass is 10.2. The first kappa shape index (κ1) is 10.4. The number of nitrogens with two attached hydrogens (primary N) is 1. The van der Waals surface area contributed by atoms with Gasteiger partial charge in [0, 0.05) is 6.54 Å². The van der Waals surface area contributed by atoms with E-state index in [1.807, 2.05) is 0 Å². The van der Waals surface area contributed by atoms with Gasteiger partial charge in [-0.15, -0.1) is 0 Å². The molecule has 0 saturated heterocycles. The molecule has 0 aliphatic heterocycles. The Labute approximate surface area is 79.5 Å². The lowest BCUT2D eigenvalue weighted by Gasteiger charge is -2.15. The van der Waals surface area contributed by atoms with E-state index in [0.29, 0.717) is 6.54 Å². The molecular formula is C7H10ClF2N3. The van der Waals surface area contributed by atoms with Crippen LogP contribution in [0.3, 0.4) is 0 Å². The van der Waals surface area contributed by atoms with Gasteiger partial charge in [-0.1, -0.05) is 11.6 Å². The highest BCUT2D eigenvalue weighted by Crippen LogP contribution is 2.32. The molecule has 0 amide bonds. The predicted octanol–water partition coefficient (Wildman–Crippen LogP) is 1.61. The number of hydrogen-bond donors (Lipinski definition) is 1. The Hall–Kier alpha value is -0.680. The number of aromatic nitrogens is 2. The van der Waals surface area contributed by atoms with Crippen LogP contribution in [0.4, 0.5) is 8.78 Å². The smallest absolute Gasteiger partial charge is 0.302 e. The molecule has 0 aromatic carbocycles. The molecule has 0 aliphatic carbocycles. The number of rotatable bonds is 3. The van der Waals surface area contributed by atoms with Gasteiger partial charge in [0.05, 0.1) is 17.8 Å². The Kier molecular flexibility index (Phi) is 2.87. The third-order valence-electron chi connectivity index (χ3n) is 1.70. The van der Waals surface area contributed by atoms with E-state index >= 15 is 0 Å². The van der Waals surface area contributed by atoms with Gasteiger partial charge < -0.3 is 5.73 Å². The number of hydrogen-bond acceptors (Lipinski definition) is 2. The molecule has 0 fully saturated rings. The standard InChI is InChI=1S/C7H10ClF2N3/c1-2-13-6(5(8)3-12-13)7(9,10)4-11/h3H,2,4,11H2,1H3. The summed E-state index contributed by atoms with van der Waals surface area (Å²) in [5.74, 6) is -3.11. The summed E-state index contributed by atoms with van der Waals surface area (Å²) in [6.45, 7) is 1.29. The Morgan fingerprint density at radius 3 is 2.77 bits per heavy atom. The molecule has 0 saturated carbocycles. The fourth-order valence-corrected chi connectivity index (χ4v) is 1.34. The zero-order valence-electron chi connectivity index (χ0n) is 7.10. The third kappa shape index (κ3) is 1.81. The van der Waals surface area contributed by atoms with Gasteiger partial charge in [0.15, 0.2) is 0 Å². The van der Waals surface area contributed by atoms with E-state index in [1.165, 1.54) is 6.20 Å². The highest BCUT2D eigenvalue weighted by molar-refractivity contribution is 6.31. The first-order valence-electron chi connectivity index (χ1n) is 3.82. The predicted molar refractivity (Wildman–Crippen MR) is 45.9 cm³/mol. The van der Waals surface area contributed by atoms with E-state index < -0.39 is 12.5 Å². The quantitative estimate of drug-likeness (QED) is 0.822. The van der Waals surface area contributed by atoms with Crippen molar-refractivity contribution in [1.29, 1.82) is 0 Å². The van der Waals surface area contributed by atoms with E-state index in [-0.39, 0.29) is 10.7 Å². The van der Waals surface area contributed by atoms with Crippen molar-refractivity contribution in [3.05, 3.63) is 16.9 Å². The zero-order chi connectivity index (χ0) is 10.1. The largest absolute Gasteiger partial charge is 0.325 e. The number of aryl methyl sites for hydroxylation is 1. The van der Waals surface area contributed by atoms with Crippen LogP contribution in [-0.2, 0) is 12.5 Å². The summed E-state index contributed by atoms with van der Waals surface area (Å²) in [6, 6.07) is 0. The van der Waals surface area contributed by atoms with Gasteiger partial charge in [-0.25, -0.2) is 0 Å². The summed E-state index contributed by atoms with van der Waals surface area (Å²) >= 11 is 5.57. The molecule has 6 heteroatoms. The Balaban J connectivity index is 3.18. The summed E-state index contributed by atoms with van der Waals surface area (Å²) in [7, 11) is 0. The lowest BCUT2D eigenvalue weighted by molar-refractivity contribution is -0.00309. The molecule has 0 bridgehead atoms. The van der Waals surface area contributed by atoms with Crippen LogP contribution in [-0.4, -0.2) is 16.3 Å². The monoisotopic (exact) mass is 209 g/mol. The first-order chi connectivity index (χ1) is 6.03. The maximum atomic E-state index is 13.2. The van der Waals surface area contributed by atoms with Gasteiger partial charge in [-0.3, -0.25) is 4.68 Å². The molecule has 0 unspecified atom stereocenters. The Bertz CT molecular complexity index is 298. The van der Waals surface area contributed by atoms with Crippen LogP contribution < -0.4 is 5.73 Å². The highest BCUT2D eigenvalue weighted by Gasteiger charge is 2.35. The SMILES string of the molecule is CCn1ncc(Cl)c1C(F)(F)CN. The average molecular weight is 210 g/mol. The van der Waals surface area contributed by atoms with Gasteiger partial charge in [0.2, 0.25) is 0 Å². The molecule has 74 valence electrons. The summed E-state index contributed by atoms with van der Waals surface area (Å²) in [6.07, 6.45) is 1.20. The summed E-state index contributed by atoms with van der Waals surface area (Å²) in [5, 5.41) is 3.65. The fourth-order valence-electron chi connectivity index (χ4n) is 1.06. The lowest BCUT2D eigenvalue weighted by Crippen LogP contribution is -2.28. The normalized spacial score (nSPS) is 12.1. The minimum Gasteiger partial charge on any atom is -0.325 e. The second kappa shape index (κ2) is 3.59. The molecule has 13 heavy (non-hydrogen) atoms. The third-order valence-corrected chi connectivity index (χ3v) is 1.97. The molecule has 0 aliphatic rings. The highest BCUT2D eigenvalue weighted by atomic mass is 35.5. The molecule has 3 nitrogen and oxygen atoms in total. The van der Waals surface area contributed by atoms with Crippen molar-refractivity contribution < 1.29 is 8.78 Å². The summed E-state index contributed by atoms with van der Waals surface area (Å²) in [4.78, 5) is 0. The van der Waals surface area contributed by atoms with E-state index in [1.54, 1.807) is 6.92 Å². The second-order valence-corrected chi connectivity index (χ2v) is 2.97. The van der Waals surface area contributed by atoms with E-state index in [0.717, 1.165) is 4.68 Å². The first-order valence-corrected chi connectivity index (χ1v) is 4.20. The van der Waals surface area contributed by atoms with Crippen molar-refractivity contribution in [1.82, 2.24) is 9.78 Å². The van der Waals surface area contributed by atoms with Crippen LogP contribution in [0.25, 0.3) is 0 Å². The molecule has 0 radical (unpaired) electrons. The Morgan fingerprint density at radius 1 is 1.69 bits per heavy atom.